The van der Waals surface area contributed by atoms with E-state index in [2.05, 4.69) is 11.9 Å². The third kappa shape index (κ3) is 3.35. The molecule has 0 aromatic carbocycles. The van der Waals surface area contributed by atoms with Crippen LogP contribution in [0, 0.1) is 5.92 Å². The zero-order valence-electron chi connectivity index (χ0n) is 12.3. The number of carbonyl (C=O) groups excluding carboxylic acids is 1. The van der Waals surface area contributed by atoms with E-state index in [-0.39, 0.29) is 11.9 Å². The molecule has 0 saturated carbocycles. The smallest absolute Gasteiger partial charge is 0.228 e. The van der Waals surface area contributed by atoms with Crippen LogP contribution >= 0.6 is 34.3 Å². The van der Waals surface area contributed by atoms with Crippen LogP contribution in [0.3, 0.4) is 0 Å². The second kappa shape index (κ2) is 6.66. The first-order valence-corrected chi connectivity index (χ1v) is 9.34. The fraction of sp³-hybridized carbons (Fsp3) is 0.467. The first-order chi connectivity index (χ1) is 10.6. The van der Waals surface area contributed by atoms with Crippen LogP contribution in [0.2, 0.25) is 4.34 Å². The van der Waals surface area contributed by atoms with Gasteiger partial charge in [-0.3, -0.25) is 4.79 Å². The van der Waals surface area contributed by atoms with Crippen LogP contribution in [0.25, 0.3) is 9.88 Å². The van der Waals surface area contributed by atoms with Crippen molar-refractivity contribution in [3.8, 4) is 9.88 Å². The van der Waals surface area contributed by atoms with E-state index < -0.39 is 0 Å². The molecule has 3 rings (SSSR count). The maximum Gasteiger partial charge on any atom is 0.228 e. The number of likely N-dealkylation sites (tertiary alicyclic amines) is 1. The molecule has 118 valence electrons. The molecule has 2 unspecified atom stereocenters. The Hall–Kier alpha value is -0.950. The van der Waals surface area contributed by atoms with Gasteiger partial charge in [0.2, 0.25) is 5.91 Å². The van der Waals surface area contributed by atoms with Crippen molar-refractivity contribution in [1.29, 1.82) is 0 Å². The minimum absolute atomic E-state index is 0.143. The van der Waals surface area contributed by atoms with Crippen LogP contribution in [0.4, 0.5) is 0 Å². The lowest BCUT2D eigenvalue weighted by molar-refractivity contribution is -0.131. The molecule has 4 nitrogen and oxygen atoms in total. The lowest BCUT2D eigenvalue weighted by Crippen LogP contribution is -2.35. The molecule has 7 heteroatoms. The summed E-state index contributed by atoms with van der Waals surface area (Å²) in [4.78, 5) is 20.0. The van der Waals surface area contributed by atoms with Gasteiger partial charge in [0, 0.05) is 18.0 Å². The Kier molecular flexibility index (Phi) is 4.82. The summed E-state index contributed by atoms with van der Waals surface area (Å²) in [5.74, 6) is 0.572. The number of hydrogen-bond acceptors (Lipinski definition) is 5. The van der Waals surface area contributed by atoms with Gasteiger partial charge in [-0.15, -0.1) is 22.7 Å². The molecular weight excluding hydrogens is 338 g/mol. The Bertz CT molecular complexity index is 669. The molecule has 1 aliphatic rings. The predicted octanol–water partition coefficient (Wildman–Crippen LogP) is 3.26. The van der Waals surface area contributed by atoms with Crippen LogP contribution in [0.15, 0.2) is 17.5 Å². The number of halogens is 1. The number of amides is 1. The molecule has 2 N–H and O–H groups in total. The summed E-state index contributed by atoms with van der Waals surface area (Å²) >= 11 is 9.02. The second-order valence-corrected chi connectivity index (χ2v) is 8.23. The maximum absolute atomic E-state index is 12.5. The minimum atomic E-state index is 0.143. The molecule has 3 heterocycles. The number of carbonyl (C=O) groups is 1. The van der Waals surface area contributed by atoms with Gasteiger partial charge in [-0.1, -0.05) is 11.6 Å². The van der Waals surface area contributed by atoms with Crippen molar-refractivity contribution >= 4 is 40.2 Å². The maximum atomic E-state index is 12.5. The van der Waals surface area contributed by atoms with Crippen LogP contribution in [0.5, 0.6) is 0 Å². The minimum Gasteiger partial charge on any atom is -0.339 e. The van der Waals surface area contributed by atoms with Gasteiger partial charge in [-0.05, 0) is 37.9 Å². The Labute approximate surface area is 142 Å². The molecule has 0 bridgehead atoms. The molecule has 1 saturated heterocycles. The highest BCUT2D eigenvalue weighted by molar-refractivity contribution is 7.23. The van der Waals surface area contributed by atoms with E-state index in [0.717, 1.165) is 32.9 Å². The van der Waals surface area contributed by atoms with Gasteiger partial charge < -0.3 is 10.6 Å². The summed E-state index contributed by atoms with van der Waals surface area (Å²) in [7, 11) is 0. The summed E-state index contributed by atoms with van der Waals surface area (Å²) in [6.45, 7) is 3.51. The molecule has 2 aromatic rings. The van der Waals surface area contributed by atoms with Crippen molar-refractivity contribution in [3.05, 3.63) is 27.5 Å². The van der Waals surface area contributed by atoms with Gasteiger partial charge >= 0.3 is 0 Å². The van der Waals surface area contributed by atoms with Crippen LogP contribution in [0.1, 0.15) is 19.0 Å². The van der Waals surface area contributed by atoms with Gasteiger partial charge in [0.1, 0.15) is 5.01 Å². The number of thiazole rings is 1. The highest BCUT2D eigenvalue weighted by Gasteiger charge is 2.31. The predicted molar refractivity (Wildman–Crippen MR) is 92.5 cm³/mol. The fourth-order valence-electron chi connectivity index (χ4n) is 2.85. The van der Waals surface area contributed by atoms with Gasteiger partial charge in [-0.25, -0.2) is 4.98 Å². The average molecular weight is 356 g/mol. The highest BCUT2D eigenvalue weighted by atomic mass is 35.5. The summed E-state index contributed by atoms with van der Waals surface area (Å²) in [6.07, 6.45) is 1.36. The molecule has 1 aliphatic heterocycles. The van der Waals surface area contributed by atoms with E-state index in [9.17, 15) is 4.79 Å². The zero-order valence-corrected chi connectivity index (χ0v) is 14.7. The third-order valence-corrected chi connectivity index (χ3v) is 6.27. The van der Waals surface area contributed by atoms with E-state index >= 15 is 0 Å². The monoisotopic (exact) mass is 355 g/mol. The Morgan fingerprint density at radius 2 is 2.36 bits per heavy atom. The van der Waals surface area contributed by atoms with Gasteiger partial charge in [-0.2, -0.15) is 0 Å². The largest absolute Gasteiger partial charge is 0.339 e. The summed E-state index contributed by atoms with van der Waals surface area (Å²) in [5, 5.41) is 2.89. The normalized spacial score (nSPS) is 21.5. The van der Waals surface area contributed by atoms with Crippen molar-refractivity contribution in [2.24, 2.45) is 11.7 Å². The number of nitrogens with zero attached hydrogens (tertiary/aromatic N) is 2. The Morgan fingerprint density at radius 1 is 1.55 bits per heavy atom. The molecule has 0 aliphatic carbocycles. The summed E-state index contributed by atoms with van der Waals surface area (Å²) in [5.41, 5.74) is 6.55. The van der Waals surface area contributed by atoms with E-state index in [1.54, 1.807) is 11.3 Å². The number of hydrogen-bond donors (Lipinski definition) is 1. The molecule has 2 atom stereocenters. The van der Waals surface area contributed by atoms with E-state index in [4.69, 9.17) is 17.3 Å². The van der Waals surface area contributed by atoms with Crippen molar-refractivity contribution in [2.45, 2.75) is 25.8 Å². The second-order valence-electron chi connectivity index (χ2n) is 5.66. The molecule has 0 spiro atoms. The quantitative estimate of drug-likeness (QED) is 0.915. The molecule has 1 amide bonds. The van der Waals surface area contributed by atoms with Crippen LogP contribution < -0.4 is 5.73 Å². The number of rotatable bonds is 4. The summed E-state index contributed by atoms with van der Waals surface area (Å²) < 4.78 is 0.751. The first kappa shape index (κ1) is 15.9. The van der Waals surface area contributed by atoms with Crippen LogP contribution in [-0.2, 0) is 11.2 Å². The first-order valence-electron chi connectivity index (χ1n) is 7.26. The lowest BCUT2D eigenvalue weighted by atomic mass is 10.1. The fourth-order valence-corrected chi connectivity index (χ4v) is 4.78. The lowest BCUT2D eigenvalue weighted by Gasteiger charge is -2.21. The molecule has 2 aromatic heterocycles. The third-order valence-electron chi connectivity index (χ3n) is 3.98. The van der Waals surface area contributed by atoms with E-state index in [1.807, 2.05) is 22.4 Å². The van der Waals surface area contributed by atoms with Gasteiger partial charge in [0.25, 0.3) is 0 Å². The molecule has 0 radical (unpaired) electrons. The van der Waals surface area contributed by atoms with Crippen molar-refractivity contribution in [2.75, 3.05) is 13.1 Å². The van der Waals surface area contributed by atoms with Gasteiger partial charge in [0.15, 0.2) is 0 Å². The Morgan fingerprint density at radius 3 is 3.00 bits per heavy atom. The van der Waals surface area contributed by atoms with Crippen molar-refractivity contribution < 1.29 is 4.79 Å². The molecular formula is C15H18ClN3OS2. The number of thiophene rings is 1. The zero-order chi connectivity index (χ0) is 15.7. The highest BCUT2D eigenvalue weighted by Crippen LogP contribution is 2.33. The Balaban J connectivity index is 1.66. The molecule has 22 heavy (non-hydrogen) atoms. The van der Waals surface area contributed by atoms with Crippen molar-refractivity contribution in [3.63, 3.8) is 0 Å². The average Bonchev–Trinajstić information content (AvgIpc) is 3.18. The standard InChI is InChI=1S/C15H18ClN3OS2/c1-9-4-10(6-17)7-19(9)14(20)5-11-8-21-15(18-11)12-2-3-13(16)22-12/h2-3,8-10H,4-7,17H2,1H3. The van der Waals surface area contributed by atoms with E-state index in [1.165, 1.54) is 11.3 Å². The topological polar surface area (TPSA) is 59.2 Å². The molecule has 1 fully saturated rings. The SMILES string of the molecule is CC1CC(CN)CN1C(=O)Cc1csc(-c2ccc(Cl)s2)n1. The summed E-state index contributed by atoms with van der Waals surface area (Å²) in [6, 6.07) is 4.11. The van der Waals surface area contributed by atoms with Crippen molar-refractivity contribution in [1.82, 2.24) is 9.88 Å². The van der Waals surface area contributed by atoms with Crippen LogP contribution in [-0.4, -0.2) is 34.9 Å². The van der Waals surface area contributed by atoms with E-state index in [0.29, 0.717) is 18.9 Å². The number of nitrogens with two attached hydrogens (primary N) is 1. The van der Waals surface area contributed by atoms with Gasteiger partial charge in [0.05, 0.1) is 21.3 Å². The number of aromatic nitrogens is 1.